The van der Waals surface area contributed by atoms with Crippen molar-refractivity contribution < 1.29 is 0 Å². The van der Waals surface area contributed by atoms with Crippen molar-refractivity contribution in [2.75, 3.05) is 5.33 Å². The molecule has 1 rings (SSSR count). The number of rotatable bonds is 4. The summed E-state index contributed by atoms with van der Waals surface area (Å²) in [5.41, 5.74) is 1.24. The molecular formula is C10H11Br2N. The first-order valence-corrected chi connectivity index (χ1v) is 6.05. The molecule has 0 amide bonds. The molecule has 13 heavy (non-hydrogen) atoms. The van der Waals surface area contributed by atoms with Gasteiger partial charge in [-0.15, -0.1) is 0 Å². The number of hydrogen-bond donors (Lipinski definition) is 0. The summed E-state index contributed by atoms with van der Waals surface area (Å²) in [6.45, 7) is 0. The summed E-state index contributed by atoms with van der Waals surface area (Å²) >= 11 is 6.77. The lowest BCUT2D eigenvalue weighted by molar-refractivity contribution is 1.16. The summed E-state index contributed by atoms with van der Waals surface area (Å²) in [5, 5.41) is 1.03. The van der Waals surface area contributed by atoms with Gasteiger partial charge in [0.25, 0.3) is 0 Å². The molecule has 0 spiro atoms. The molecule has 0 saturated carbocycles. The molecule has 0 atom stereocenters. The minimum atomic E-state index is 0.958. The van der Waals surface area contributed by atoms with Crippen LogP contribution in [0.4, 0.5) is 0 Å². The highest BCUT2D eigenvalue weighted by Crippen LogP contribution is 2.10. The van der Waals surface area contributed by atoms with Gasteiger partial charge < -0.3 is 0 Å². The van der Waals surface area contributed by atoms with Gasteiger partial charge in [-0.05, 0) is 40.4 Å². The lowest BCUT2D eigenvalue weighted by Crippen LogP contribution is -1.82. The fourth-order valence-corrected chi connectivity index (χ4v) is 1.64. The fourth-order valence-electron chi connectivity index (χ4n) is 0.968. The minimum absolute atomic E-state index is 0.958. The van der Waals surface area contributed by atoms with Gasteiger partial charge in [-0.1, -0.05) is 28.1 Å². The molecule has 0 aliphatic heterocycles. The Balaban J connectivity index is 2.45. The Kier molecular flexibility index (Phi) is 5.32. The van der Waals surface area contributed by atoms with E-state index in [0.717, 1.165) is 22.6 Å². The van der Waals surface area contributed by atoms with E-state index in [2.05, 4.69) is 55.1 Å². The molecule has 70 valence electrons. The van der Waals surface area contributed by atoms with E-state index in [0.29, 0.717) is 0 Å². The molecule has 1 heterocycles. The summed E-state index contributed by atoms with van der Waals surface area (Å²) < 4.78 is 1.04. The molecule has 1 aromatic rings. The lowest BCUT2D eigenvalue weighted by atomic mass is 10.2. The SMILES string of the molecule is BrCC/C=C/Cc1cncc(Br)c1. The molecule has 1 aromatic heterocycles. The topological polar surface area (TPSA) is 12.9 Å². The van der Waals surface area contributed by atoms with E-state index < -0.39 is 0 Å². The van der Waals surface area contributed by atoms with Crippen molar-refractivity contribution >= 4 is 31.9 Å². The second-order valence-electron chi connectivity index (χ2n) is 2.66. The maximum absolute atomic E-state index is 4.09. The predicted octanol–water partition coefficient (Wildman–Crippen LogP) is 3.73. The van der Waals surface area contributed by atoms with Crippen LogP contribution in [0.2, 0.25) is 0 Å². The highest BCUT2D eigenvalue weighted by molar-refractivity contribution is 9.10. The zero-order valence-corrected chi connectivity index (χ0v) is 10.4. The Morgan fingerprint density at radius 2 is 2.15 bits per heavy atom. The van der Waals surface area contributed by atoms with Gasteiger partial charge in [0.05, 0.1) is 0 Å². The molecule has 0 bridgehead atoms. The normalized spacial score (nSPS) is 10.9. The predicted molar refractivity (Wildman–Crippen MR) is 63.2 cm³/mol. The van der Waals surface area contributed by atoms with Gasteiger partial charge in [0.1, 0.15) is 0 Å². The number of pyridine rings is 1. The second kappa shape index (κ2) is 6.33. The van der Waals surface area contributed by atoms with Crippen molar-refractivity contribution in [3.63, 3.8) is 0 Å². The van der Waals surface area contributed by atoms with Crippen molar-refractivity contribution in [2.24, 2.45) is 0 Å². The van der Waals surface area contributed by atoms with Crippen LogP contribution in [0, 0.1) is 0 Å². The monoisotopic (exact) mass is 303 g/mol. The maximum Gasteiger partial charge on any atom is 0.0410 e. The number of hydrogen-bond acceptors (Lipinski definition) is 1. The molecule has 1 nitrogen and oxygen atoms in total. The van der Waals surface area contributed by atoms with Gasteiger partial charge >= 0.3 is 0 Å². The first-order valence-electron chi connectivity index (χ1n) is 4.13. The van der Waals surface area contributed by atoms with Gasteiger partial charge in [-0.25, -0.2) is 0 Å². The van der Waals surface area contributed by atoms with E-state index in [1.807, 2.05) is 6.20 Å². The van der Waals surface area contributed by atoms with Gasteiger partial charge in [-0.2, -0.15) is 0 Å². The third-order valence-corrected chi connectivity index (χ3v) is 2.45. The number of allylic oxidation sites excluding steroid dienone is 2. The molecule has 0 aliphatic rings. The van der Waals surface area contributed by atoms with Crippen molar-refractivity contribution in [3.05, 3.63) is 40.6 Å². The Morgan fingerprint density at radius 1 is 1.31 bits per heavy atom. The zero-order chi connectivity index (χ0) is 9.52. The summed E-state index contributed by atoms with van der Waals surface area (Å²) in [6.07, 6.45) is 10.1. The van der Waals surface area contributed by atoms with Crippen LogP contribution in [-0.4, -0.2) is 10.3 Å². The fraction of sp³-hybridized carbons (Fsp3) is 0.300. The average Bonchev–Trinajstić information content (AvgIpc) is 2.13. The van der Waals surface area contributed by atoms with E-state index in [1.165, 1.54) is 5.56 Å². The van der Waals surface area contributed by atoms with Gasteiger partial charge in [0.15, 0.2) is 0 Å². The van der Waals surface area contributed by atoms with E-state index in [9.17, 15) is 0 Å². The van der Waals surface area contributed by atoms with Gasteiger partial charge in [0, 0.05) is 22.2 Å². The minimum Gasteiger partial charge on any atom is -0.263 e. The first-order chi connectivity index (χ1) is 6.33. The number of alkyl halides is 1. The number of halogens is 2. The van der Waals surface area contributed by atoms with Crippen LogP contribution in [0.5, 0.6) is 0 Å². The van der Waals surface area contributed by atoms with Crippen molar-refractivity contribution in [1.82, 2.24) is 4.98 Å². The van der Waals surface area contributed by atoms with E-state index in [1.54, 1.807) is 6.20 Å². The third-order valence-electron chi connectivity index (χ3n) is 1.56. The average molecular weight is 305 g/mol. The Morgan fingerprint density at radius 3 is 2.85 bits per heavy atom. The first kappa shape index (κ1) is 10.9. The van der Waals surface area contributed by atoms with E-state index >= 15 is 0 Å². The molecule has 0 saturated heterocycles. The summed E-state index contributed by atoms with van der Waals surface area (Å²) in [6, 6.07) is 2.09. The third kappa shape index (κ3) is 4.58. The Labute approximate surface area is 95.5 Å². The zero-order valence-electron chi connectivity index (χ0n) is 7.21. The van der Waals surface area contributed by atoms with Crippen LogP contribution in [0.3, 0.4) is 0 Å². The largest absolute Gasteiger partial charge is 0.263 e. The van der Waals surface area contributed by atoms with Crippen LogP contribution >= 0.6 is 31.9 Å². The summed E-state index contributed by atoms with van der Waals surface area (Å²) in [4.78, 5) is 4.09. The Bertz CT molecular complexity index is 284. The van der Waals surface area contributed by atoms with Crippen molar-refractivity contribution in [3.8, 4) is 0 Å². The van der Waals surface area contributed by atoms with Crippen molar-refractivity contribution in [1.29, 1.82) is 0 Å². The highest BCUT2D eigenvalue weighted by Gasteiger charge is 1.90. The molecule has 0 radical (unpaired) electrons. The van der Waals surface area contributed by atoms with Crippen LogP contribution in [0.25, 0.3) is 0 Å². The summed E-state index contributed by atoms with van der Waals surface area (Å²) in [7, 11) is 0. The van der Waals surface area contributed by atoms with Gasteiger partial charge in [0.2, 0.25) is 0 Å². The van der Waals surface area contributed by atoms with Crippen LogP contribution in [0.15, 0.2) is 35.1 Å². The van der Waals surface area contributed by atoms with Crippen LogP contribution < -0.4 is 0 Å². The molecule has 3 heteroatoms. The van der Waals surface area contributed by atoms with Crippen molar-refractivity contribution in [2.45, 2.75) is 12.8 Å². The van der Waals surface area contributed by atoms with E-state index in [4.69, 9.17) is 0 Å². The Hall–Kier alpha value is -0.150. The highest BCUT2D eigenvalue weighted by atomic mass is 79.9. The smallest absolute Gasteiger partial charge is 0.0410 e. The summed E-state index contributed by atoms with van der Waals surface area (Å²) in [5.74, 6) is 0. The van der Waals surface area contributed by atoms with Gasteiger partial charge in [-0.3, -0.25) is 4.98 Å². The second-order valence-corrected chi connectivity index (χ2v) is 4.37. The van der Waals surface area contributed by atoms with E-state index in [-0.39, 0.29) is 0 Å². The number of aromatic nitrogens is 1. The molecule has 0 unspecified atom stereocenters. The molecule has 0 aromatic carbocycles. The quantitative estimate of drug-likeness (QED) is 0.610. The molecule has 0 aliphatic carbocycles. The number of nitrogens with zero attached hydrogens (tertiary/aromatic N) is 1. The maximum atomic E-state index is 4.09. The molecular weight excluding hydrogens is 294 g/mol. The molecule has 0 N–H and O–H groups in total. The standard InChI is InChI=1S/C10H11Br2N/c11-5-3-1-2-4-9-6-10(12)8-13-7-9/h1-2,6-8H,3-5H2/b2-1+. The molecule has 0 fully saturated rings. The lowest BCUT2D eigenvalue weighted by Gasteiger charge is -1.95. The van der Waals surface area contributed by atoms with Crippen LogP contribution in [-0.2, 0) is 6.42 Å². The van der Waals surface area contributed by atoms with Crippen LogP contribution in [0.1, 0.15) is 12.0 Å².